The molecule has 1 aromatic heterocycles. The molecule has 0 saturated heterocycles. The number of aromatic carboxylic acids is 1. The Kier molecular flexibility index (Phi) is 4.73. The number of carboxylic acids is 1. The third-order valence-electron chi connectivity index (χ3n) is 4.41. The highest BCUT2D eigenvalue weighted by Gasteiger charge is 2.12. The Balaban J connectivity index is 2.06. The molecule has 6 nitrogen and oxygen atoms in total. The molecule has 0 unspecified atom stereocenters. The number of aryl methyl sites for hydroxylation is 1. The van der Waals surface area contributed by atoms with Crippen LogP contribution in [0.15, 0.2) is 45.6 Å². The number of hydrogen-bond acceptors (Lipinski definition) is 5. The van der Waals surface area contributed by atoms with Gasteiger partial charge in [-0.05, 0) is 48.4 Å². The number of phenols is 1. The summed E-state index contributed by atoms with van der Waals surface area (Å²) in [7, 11) is 3.82. The minimum atomic E-state index is -1.22. The summed E-state index contributed by atoms with van der Waals surface area (Å²) in [6, 6.07) is 9.89. The topological polar surface area (TPSA) is 91.0 Å². The van der Waals surface area contributed by atoms with Crippen molar-refractivity contribution >= 4 is 34.8 Å². The van der Waals surface area contributed by atoms with Crippen molar-refractivity contribution in [3.8, 4) is 5.75 Å². The predicted octanol–water partition coefficient (Wildman–Crippen LogP) is 3.74. The molecule has 0 fully saturated rings. The van der Waals surface area contributed by atoms with Crippen LogP contribution < -0.4 is 10.5 Å². The first-order valence-electron chi connectivity index (χ1n) is 8.27. The van der Waals surface area contributed by atoms with Gasteiger partial charge in [-0.3, -0.25) is 0 Å². The van der Waals surface area contributed by atoms with Gasteiger partial charge in [-0.2, -0.15) is 0 Å². The molecule has 0 radical (unpaired) electrons. The van der Waals surface area contributed by atoms with E-state index in [9.17, 15) is 14.7 Å². The highest BCUT2D eigenvalue weighted by Crippen LogP contribution is 2.25. The van der Waals surface area contributed by atoms with Crippen molar-refractivity contribution in [1.29, 1.82) is 0 Å². The van der Waals surface area contributed by atoms with Gasteiger partial charge >= 0.3 is 11.6 Å². The average molecular weight is 365 g/mol. The fourth-order valence-corrected chi connectivity index (χ4v) is 2.84. The van der Waals surface area contributed by atoms with Gasteiger partial charge in [-0.1, -0.05) is 12.1 Å². The summed E-state index contributed by atoms with van der Waals surface area (Å²) in [5.41, 5.74) is 2.49. The van der Waals surface area contributed by atoms with Gasteiger partial charge in [0.2, 0.25) is 0 Å². The second-order valence-corrected chi connectivity index (χ2v) is 6.42. The van der Waals surface area contributed by atoms with E-state index in [0.29, 0.717) is 16.7 Å². The summed E-state index contributed by atoms with van der Waals surface area (Å²) in [4.78, 5) is 25.5. The highest BCUT2D eigenvalue weighted by molar-refractivity contribution is 5.92. The largest absolute Gasteiger partial charge is 0.507 e. The van der Waals surface area contributed by atoms with Crippen LogP contribution in [-0.4, -0.2) is 30.3 Å². The van der Waals surface area contributed by atoms with Gasteiger partial charge in [-0.25, -0.2) is 9.59 Å². The molecule has 27 heavy (non-hydrogen) atoms. The second-order valence-electron chi connectivity index (χ2n) is 6.42. The van der Waals surface area contributed by atoms with E-state index in [1.165, 1.54) is 12.1 Å². The molecule has 0 spiro atoms. The van der Waals surface area contributed by atoms with E-state index < -0.39 is 11.6 Å². The summed E-state index contributed by atoms with van der Waals surface area (Å²) >= 11 is 0. The molecule has 0 atom stereocenters. The molecular formula is C21H19NO5. The summed E-state index contributed by atoms with van der Waals surface area (Å²) in [6.45, 7) is 1.84. The van der Waals surface area contributed by atoms with E-state index in [2.05, 4.69) is 0 Å². The van der Waals surface area contributed by atoms with E-state index >= 15 is 0 Å². The van der Waals surface area contributed by atoms with Gasteiger partial charge in [-0.15, -0.1) is 0 Å². The van der Waals surface area contributed by atoms with Crippen molar-refractivity contribution in [2.75, 3.05) is 19.0 Å². The van der Waals surface area contributed by atoms with Crippen molar-refractivity contribution in [1.82, 2.24) is 0 Å². The Morgan fingerprint density at radius 1 is 1.11 bits per heavy atom. The fraction of sp³-hybridized carbons (Fsp3) is 0.143. The summed E-state index contributed by atoms with van der Waals surface area (Å²) in [6.07, 6.45) is 3.21. The fourth-order valence-electron chi connectivity index (χ4n) is 2.84. The molecular weight excluding hydrogens is 346 g/mol. The number of rotatable bonds is 4. The van der Waals surface area contributed by atoms with Gasteiger partial charge in [0.1, 0.15) is 16.9 Å². The van der Waals surface area contributed by atoms with Crippen molar-refractivity contribution in [2.45, 2.75) is 6.92 Å². The van der Waals surface area contributed by atoms with Gasteiger partial charge < -0.3 is 19.5 Å². The number of nitrogens with zero attached hydrogens (tertiary/aromatic N) is 1. The van der Waals surface area contributed by atoms with Crippen molar-refractivity contribution in [3.63, 3.8) is 0 Å². The van der Waals surface area contributed by atoms with Crippen molar-refractivity contribution < 1.29 is 19.4 Å². The standard InChI is InChI=1S/C21H19NO5/c1-12-15-8-6-14(22(2)3)11-19(15)27-21(26)16(12)7-4-13-5-9-18(23)17(10-13)20(24)25/h4-11,23H,1-3H3,(H,24,25). The van der Waals surface area contributed by atoms with Crippen LogP contribution in [0.25, 0.3) is 23.1 Å². The van der Waals surface area contributed by atoms with Crippen LogP contribution >= 0.6 is 0 Å². The lowest BCUT2D eigenvalue weighted by Crippen LogP contribution is -2.09. The van der Waals surface area contributed by atoms with Crippen molar-refractivity contribution in [3.05, 3.63) is 69.1 Å². The first kappa shape index (κ1) is 18.3. The van der Waals surface area contributed by atoms with E-state index in [1.54, 1.807) is 18.2 Å². The number of hydrogen-bond donors (Lipinski definition) is 2. The maximum Gasteiger partial charge on any atom is 0.343 e. The number of anilines is 1. The number of carbonyl (C=O) groups is 1. The van der Waals surface area contributed by atoms with Gasteiger partial charge in [0, 0.05) is 31.2 Å². The normalized spacial score (nSPS) is 11.2. The minimum absolute atomic E-state index is 0.198. The minimum Gasteiger partial charge on any atom is -0.507 e. The molecule has 2 aromatic carbocycles. The van der Waals surface area contributed by atoms with Gasteiger partial charge in [0.05, 0.1) is 5.56 Å². The van der Waals surface area contributed by atoms with E-state index in [0.717, 1.165) is 16.6 Å². The summed E-state index contributed by atoms with van der Waals surface area (Å²) < 4.78 is 5.47. The molecule has 0 saturated carbocycles. The van der Waals surface area contributed by atoms with Crippen LogP contribution in [-0.2, 0) is 0 Å². The lowest BCUT2D eigenvalue weighted by atomic mass is 10.0. The zero-order chi connectivity index (χ0) is 19.7. The molecule has 3 rings (SSSR count). The molecule has 0 bridgehead atoms. The zero-order valence-corrected chi connectivity index (χ0v) is 15.2. The molecule has 138 valence electrons. The Bertz CT molecular complexity index is 1130. The van der Waals surface area contributed by atoms with Crippen LogP contribution in [0.5, 0.6) is 5.75 Å². The van der Waals surface area contributed by atoms with E-state index in [-0.39, 0.29) is 11.3 Å². The lowest BCUT2D eigenvalue weighted by Gasteiger charge is -2.13. The number of aromatic hydroxyl groups is 1. The number of fused-ring (bicyclic) bond motifs is 1. The molecule has 0 aliphatic rings. The van der Waals surface area contributed by atoms with Crippen LogP contribution in [0.2, 0.25) is 0 Å². The van der Waals surface area contributed by atoms with Crippen molar-refractivity contribution in [2.24, 2.45) is 0 Å². The third kappa shape index (κ3) is 3.55. The van der Waals surface area contributed by atoms with Crippen LogP contribution in [0.1, 0.15) is 27.0 Å². The molecule has 0 amide bonds. The molecule has 6 heteroatoms. The van der Waals surface area contributed by atoms with Gasteiger partial charge in [0.15, 0.2) is 0 Å². The first-order valence-corrected chi connectivity index (χ1v) is 8.27. The van der Waals surface area contributed by atoms with E-state index in [4.69, 9.17) is 9.52 Å². The smallest absolute Gasteiger partial charge is 0.343 e. The molecule has 0 aliphatic heterocycles. The SMILES string of the molecule is Cc1c(C=Cc2ccc(O)c(C(=O)O)c2)c(=O)oc2cc(N(C)C)ccc12. The third-order valence-corrected chi connectivity index (χ3v) is 4.41. The Morgan fingerprint density at radius 3 is 2.52 bits per heavy atom. The second kappa shape index (κ2) is 6.99. The van der Waals surface area contributed by atoms with Gasteiger partial charge in [0.25, 0.3) is 0 Å². The number of benzene rings is 2. The Labute approximate surface area is 155 Å². The van der Waals surface area contributed by atoms with Crippen LogP contribution in [0, 0.1) is 6.92 Å². The first-order chi connectivity index (χ1) is 12.8. The zero-order valence-electron chi connectivity index (χ0n) is 15.2. The maximum absolute atomic E-state index is 12.4. The average Bonchev–Trinajstić information content (AvgIpc) is 2.61. The molecule has 0 aliphatic carbocycles. The molecule has 3 aromatic rings. The lowest BCUT2D eigenvalue weighted by molar-refractivity contribution is 0.0693. The van der Waals surface area contributed by atoms with Crippen LogP contribution in [0.4, 0.5) is 5.69 Å². The monoisotopic (exact) mass is 365 g/mol. The molecule has 2 N–H and O–H groups in total. The number of carboxylic acid groups (broad SMARTS) is 1. The summed E-state index contributed by atoms with van der Waals surface area (Å²) in [5, 5.41) is 19.5. The molecule has 1 heterocycles. The predicted molar refractivity (Wildman–Crippen MR) is 106 cm³/mol. The highest BCUT2D eigenvalue weighted by atomic mass is 16.4. The Morgan fingerprint density at radius 2 is 1.85 bits per heavy atom. The quantitative estimate of drug-likeness (QED) is 0.685. The van der Waals surface area contributed by atoms with Crippen LogP contribution in [0.3, 0.4) is 0 Å². The van der Waals surface area contributed by atoms with E-state index in [1.807, 2.05) is 44.1 Å². The summed E-state index contributed by atoms with van der Waals surface area (Å²) in [5.74, 6) is -1.53. The maximum atomic E-state index is 12.4. The Hall–Kier alpha value is -3.54.